The molecule has 1 fully saturated rings. The van der Waals surface area contributed by atoms with Crippen LogP contribution in [-0.2, 0) is 30.4 Å². The van der Waals surface area contributed by atoms with Gasteiger partial charge in [-0.05, 0) is 36.6 Å². The monoisotopic (exact) mass is 517 g/mol. The molecule has 2 aliphatic heterocycles. The van der Waals surface area contributed by atoms with Gasteiger partial charge < -0.3 is 28.6 Å². The maximum absolute atomic E-state index is 13.3. The molecule has 1 amide bonds. The SMILES string of the molecule is C=CCOC(=O)O[C@H](C)[C@H]1C(=O)N2C(C(=O)OCC=C)=C(c3cccc4c3oc3ccc(CO)cc34)C[C@H]12. The number of hydrogen-bond donors (Lipinski definition) is 1. The summed E-state index contributed by atoms with van der Waals surface area (Å²) in [6.45, 7) is 8.58. The fourth-order valence-electron chi connectivity index (χ4n) is 5.26. The molecule has 2 aliphatic rings. The summed E-state index contributed by atoms with van der Waals surface area (Å²) in [6.07, 6.45) is 1.54. The molecule has 9 nitrogen and oxygen atoms in total. The molecular weight excluding hydrogens is 490 g/mol. The number of rotatable bonds is 9. The Labute approximate surface area is 218 Å². The van der Waals surface area contributed by atoms with E-state index in [4.69, 9.17) is 18.6 Å². The van der Waals surface area contributed by atoms with E-state index in [0.717, 1.165) is 16.3 Å². The van der Waals surface area contributed by atoms with Gasteiger partial charge in [0, 0.05) is 16.3 Å². The second-order valence-corrected chi connectivity index (χ2v) is 9.17. The molecule has 3 heterocycles. The Balaban J connectivity index is 1.54. The van der Waals surface area contributed by atoms with E-state index in [9.17, 15) is 19.5 Å². The second kappa shape index (κ2) is 10.2. The number of benzene rings is 2. The predicted molar refractivity (Wildman–Crippen MR) is 139 cm³/mol. The highest BCUT2D eigenvalue weighted by Gasteiger charge is 2.58. The van der Waals surface area contributed by atoms with Crippen LogP contribution in [0, 0.1) is 5.92 Å². The number of hydrogen-bond acceptors (Lipinski definition) is 8. The third kappa shape index (κ3) is 4.14. The van der Waals surface area contributed by atoms with Gasteiger partial charge in [0.05, 0.1) is 18.6 Å². The number of nitrogens with zero attached hydrogens (tertiary/aromatic N) is 1. The van der Waals surface area contributed by atoms with Gasteiger partial charge in [-0.25, -0.2) is 9.59 Å². The first-order valence-electron chi connectivity index (χ1n) is 12.2. The van der Waals surface area contributed by atoms with Crippen LogP contribution in [0.25, 0.3) is 27.5 Å². The smallest absolute Gasteiger partial charge is 0.457 e. The number of carbonyl (C=O) groups excluding carboxylic acids is 3. The molecule has 3 atom stereocenters. The van der Waals surface area contributed by atoms with Crippen LogP contribution in [0.4, 0.5) is 4.79 Å². The van der Waals surface area contributed by atoms with Gasteiger partial charge in [0.25, 0.3) is 0 Å². The van der Waals surface area contributed by atoms with E-state index in [1.165, 1.54) is 17.1 Å². The third-order valence-corrected chi connectivity index (χ3v) is 6.91. The Kier molecular flexibility index (Phi) is 6.77. The zero-order chi connectivity index (χ0) is 27.0. The summed E-state index contributed by atoms with van der Waals surface area (Å²) in [5.41, 5.74) is 3.35. The van der Waals surface area contributed by atoms with Crippen molar-refractivity contribution in [2.75, 3.05) is 13.2 Å². The van der Waals surface area contributed by atoms with Gasteiger partial charge in [0.2, 0.25) is 5.91 Å². The van der Waals surface area contributed by atoms with E-state index < -0.39 is 30.2 Å². The molecule has 2 aromatic carbocycles. The first kappa shape index (κ1) is 25.3. The predicted octanol–water partition coefficient (Wildman–Crippen LogP) is 4.48. The van der Waals surface area contributed by atoms with Crippen molar-refractivity contribution < 1.29 is 38.1 Å². The van der Waals surface area contributed by atoms with Crippen molar-refractivity contribution in [3.63, 3.8) is 0 Å². The van der Waals surface area contributed by atoms with E-state index in [0.29, 0.717) is 28.7 Å². The van der Waals surface area contributed by atoms with Crippen molar-refractivity contribution in [1.82, 2.24) is 4.90 Å². The lowest BCUT2D eigenvalue weighted by atomic mass is 9.82. The van der Waals surface area contributed by atoms with Crippen LogP contribution in [0.1, 0.15) is 24.5 Å². The van der Waals surface area contributed by atoms with Gasteiger partial charge in [-0.2, -0.15) is 0 Å². The topological polar surface area (TPSA) is 116 Å². The van der Waals surface area contributed by atoms with Crippen molar-refractivity contribution >= 4 is 45.5 Å². The van der Waals surface area contributed by atoms with E-state index in [-0.39, 0.29) is 31.4 Å². The number of fused-ring (bicyclic) bond motifs is 4. The number of para-hydroxylation sites is 1. The molecule has 0 unspecified atom stereocenters. The molecule has 196 valence electrons. The number of esters is 1. The summed E-state index contributed by atoms with van der Waals surface area (Å²) < 4.78 is 21.8. The van der Waals surface area contributed by atoms with E-state index in [1.807, 2.05) is 24.3 Å². The Morgan fingerprint density at radius 3 is 2.66 bits per heavy atom. The third-order valence-electron chi connectivity index (χ3n) is 6.91. The molecular formula is C29H27NO8. The Morgan fingerprint density at radius 1 is 1.16 bits per heavy atom. The highest BCUT2D eigenvalue weighted by Crippen LogP contribution is 2.49. The molecule has 1 saturated heterocycles. The van der Waals surface area contributed by atoms with Gasteiger partial charge in [0.1, 0.15) is 36.2 Å². The van der Waals surface area contributed by atoms with Crippen LogP contribution in [0.15, 0.2) is 71.8 Å². The van der Waals surface area contributed by atoms with E-state index >= 15 is 0 Å². The summed E-state index contributed by atoms with van der Waals surface area (Å²) in [4.78, 5) is 39.9. The van der Waals surface area contributed by atoms with Crippen molar-refractivity contribution in [1.29, 1.82) is 0 Å². The molecule has 38 heavy (non-hydrogen) atoms. The molecule has 3 aromatic rings. The molecule has 0 bridgehead atoms. The minimum absolute atomic E-state index is 0.00792. The first-order chi connectivity index (χ1) is 18.4. The average molecular weight is 518 g/mol. The van der Waals surface area contributed by atoms with E-state index in [2.05, 4.69) is 13.2 Å². The lowest BCUT2D eigenvalue weighted by Gasteiger charge is -2.45. The van der Waals surface area contributed by atoms with Crippen LogP contribution in [0.5, 0.6) is 0 Å². The Bertz CT molecular complexity index is 1500. The minimum atomic E-state index is -0.894. The lowest BCUT2D eigenvalue weighted by molar-refractivity contribution is -0.162. The molecule has 5 rings (SSSR count). The summed E-state index contributed by atoms with van der Waals surface area (Å²) in [6, 6.07) is 10.6. The summed E-state index contributed by atoms with van der Waals surface area (Å²) >= 11 is 0. The lowest BCUT2D eigenvalue weighted by Crippen LogP contribution is -2.62. The van der Waals surface area contributed by atoms with Crippen LogP contribution >= 0.6 is 0 Å². The number of ether oxygens (including phenoxy) is 3. The first-order valence-corrected chi connectivity index (χ1v) is 12.2. The fourth-order valence-corrected chi connectivity index (χ4v) is 5.26. The normalized spacial score (nSPS) is 19.2. The average Bonchev–Trinajstić information content (AvgIpc) is 3.46. The molecule has 0 aliphatic carbocycles. The van der Waals surface area contributed by atoms with Gasteiger partial charge in [-0.15, -0.1) is 0 Å². The van der Waals surface area contributed by atoms with Gasteiger partial charge in [-0.3, -0.25) is 4.79 Å². The molecule has 0 spiro atoms. The molecule has 0 saturated carbocycles. The standard InChI is InChI=1S/C29H27NO8/c1-4-11-35-28(33)25-21(14-22-24(27(32)30(22)25)16(3)37-29(34)36-12-5-2)19-8-6-7-18-20-13-17(15-31)9-10-23(20)38-26(18)19/h4-10,13,16,22,24,31H,1-2,11-12,14-15H2,3H3/t16-,22-,24-/m1/s1. The highest BCUT2D eigenvalue weighted by molar-refractivity contribution is 6.12. The summed E-state index contributed by atoms with van der Waals surface area (Å²) in [5.74, 6) is -1.65. The zero-order valence-electron chi connectivity index (χ0n) is 20.8. The zero-order valence-corrected chi connectivity index (χ0v) is 20.8. The summed E-state index contributed by atoms with van der Waals surface area (Å²) in [7, 11) is 0. The van der Waals surface area contributed by atoms with Crippen molar-refractivity contribution in [2.24, 2.45) is 5.92 Å². The van der Waals surface area contributed by atoms with Crippen LogP contribution in [0.3, 0.4) is 0 Å². The van der Waals surface area contributed by atoms with E-state index in [1.54, 1.807) is 19.1 Å². The van der Waals surface area contributed by atoms with Crippen molar-refractivity contribution in [3.8, 4) is 0 Å². The maximum atomic E-state index is 13.3. The number of amides is 1. The molecule has 1 aromatic heterocycles. The number of furan rings is 1. The van der Waals surface area contributed by atoms with Gasteiger partial charge in [-0.1, -0.05) is 49.6 Å². The molecule has 0 radical (unpaired) electrons. The van der Waals surface area contributed by atoms with Gasteiger partial charge in [0.15, 0.2) is 0 Å². The van der Waals surface area contributed by atoms with Crippen molar-refractivity contribution in [2.45, 2.75) is 32.1 Å². The largest absolute Gasteiger partial charge is 0.508 e. The summed E-state index contributed by atoms with van der Waals surface area (Å²) in [5, 5.41) is 11.2. The number of carbonyl (C=O) groups is 3. The van der Waals surface area contributed by atoms with Crippen LogP contribution in [0.2, 0.25) is 0 Å². The second-order valence-electron chi connectivity index (χ2n) is 9.17. The number of aliphatic hydroxyl groups excluding tert-OH is 1. The minimum Gasteiger partial charge on any atom is -0.457 e. The van der Waals surface area contributed by atoms with Crippen LogP contribution < -0.4 is 0 Å². The highest BCUT2D eigenvalue weighted by atomic mass is 16.7. The maximum Gasteiger partial charge on any atom is 0.508 e. The number of β-lactam (4-membered cyclic amide) rings is 1. The quantitative estimate of drug-likeness (QED) is 0.251. The van der Waals surface area contributed by atoms with Gasteiger partial charge >= 0.3 is 12.1 Å². The molecule has 1 N–H and O–H groups in total. The molecule has 9 heteroatoms. The fraction of sp³-hybridized carbons (Fsp3) is 0.276. The van der Waals surface area contributed by atoms with Crippen LogP contribution in [-0.4, -0.2) is 53.4 Å². The Morgan fingerprint density at radius 2 is 1.92 bits per heavy atom. The van der Waals surface area contributed by atoms with Crippen molar-refractivity contribution in [3.05, 3.63) is 78.5 Å². The Hall–Kier alpha value is -4.37. The number of aliphatic hydroxyl groups is 1.